The zero-order valence-corrected chi connectivity index (χ0v) is 12.6. The molecular formula is C13H12N4O4S. The smallest absolute Gasteiger partial charge is 0.238 e. The van der Waals surface area contributed by atoms with Gasteiger partial charge in [-0.2, -0.15) is 0 Å². The number of hydrogen-bond donors (Lipinski definition) is 1. The van der Waals surface area contributed by atoms with E-state index in [9.17, 15) is 8.42 Å². The number of nitrogens with one attached hydrogen (secondary N) is 1. The Morgan fingerprint density at radius 3 is 2.64 bits per heavy atom. The van der Waals surface area contributed by atoms with Gasteiger partial charge in [-0.15, -0.1) is 0 Å². The van der Waals surface area contributed by atoms with Crippen molar-refractivity contribution in [2.75, 3.05) is 18.1 Å². The van der Waals surface area contributed by atoms with E-state index < -0.39 is 10.0 Å². The number of fused-ring (bicyclic) bond motifs is 1. The van der Waals surface area contributed by atoms with E-state index in [1.165, 1.54) is 7.11 Å². The number of ether oxygens (including phenoxy) is 1. The fraction of sp³-hybridized carbons (Fsp3) is 0.154. The average molecular weight is 320 g/mol. The number of anilines is 1. The second kappa shape index (κ2) is 5.26. The van der Waals surface area contributed by atoms with Crippen LogP contribution in [0.3, 0.4) is 0 Å². The molecule has 1 N–H and O–H groups in total. The fourth-order valence-electron chi connectivity index (χ4n) is 2.01. The van der Waals surface area contributed by atoms with E-state index in [0.29, 0.717) is 16.6 Å². The Morgan fingerprint density at radius 2 is 1.91 bits per heavy atom. The summed E-state index contributed by atoms with van der Waals surface area (Å²) in [5.41, 5.74) is 3.01. The van der Waals surface area contributed by atoms with Crippen LogP contribution in [0.1, 0.15) is 0 Å². The van der Waals surface area contributed by atoms with Crippen molar-refractivity contribution in [1.82, 2.24) is 15.3 Å². The Balaban J connectivity index is 2.08. The Bertz CT molecular complexity index is 936. The van der Waals surface area contributed by atoms with Gasteiger partial charge in [0.05, 0.1) is 13.4 Å². The Kier molecular flexibility index (Phi) is 3.41. The van der Waals surface area contributed by atoms with E-state index >= 15 is 0 Å². The van der Waals surface area contributed by atoms with Crippen LogP contribution in [0.4, 0.5) is 5.69 Å². The topological polar surface area (TPSA) is 107 Å². The molecule has 0 radical (unpaired) electrons. The summed E-state index contributed by atoms with van der Waals surface area (Å²) in [5, 5.41) is 7.51. The maximum absolute atomic E-state index is 11.4. The maximum atomic E-state index is 11.4. The molecular weight excluding hydrogens is 308 g/mol. The zero-order chi connectivity index (χ0) is 15.7. The predicted molar refractivity (Wildman–Crippen MR) is 80.1 cm³/mol. The third-order valence-corrected chi connectivity index (χ3v) is 3.52. The standard InChI is InChI=1S/C13H12N4O4S/c1-20-13-12(17-22(2,18)19)6-9(7-14-13)8-3-4-10-11(5-8)16-21-15-10/h3-7,17H,1-2H3. The third kappa shape index (κ3) is 2.84. The van der Waals surface area contributed by atoms with Crippen molar-refractivity contribution in [2.24, 2.45) is 0 Å². The molecule has 0 amide bonds. The van der Waals surface area contributed by atoms with Gasteiger partial charge >= 0.3 is 0 Å². The number of methoxy groups -OCH3 is 1. The van der Waals surface area contributed by atoms with Crippen molar-refractivity contribution in [2.45, 2.75) is 0 Å². The molecule has 0 aliphatic rings. The molecule has 0 aliphatic heterocycles. The highest BCUT2D eigenvalue weighted by Gasteiger charge is 2.12. The van der Waals surface area contributed by atoms with Gasteiger partial charge in [0, 0.05) is 11.8 Å². The number of aromatic nitrogens is 3. The van der Waals surface area contributed by atoms with E-state index in [1.807, 2.05) is 6.07 Å². The third-order valence-electron chi connectivity index (χ3n) is 2.93. The Morgan fingerprint density at radius 1 is 1.14 bits per heavy atom. The minimum absolute atomic E-state index is 0.193. The molecule has 2 heterocycles. The average Bonchev–Trinajstić information content (AvgIpc) is 2.92. The Hall–Kier alpha value is -2.68. The molecule has 3 rings (SSSR count). The number of sulfonamides is 1. The van der Waals surface area contributed by atoms with Crippen molar-refractivity contribution in [3.05, 3.63) is 30.5 Å². The number of nitrogens with zero attached hydrogens (tertiary/aromatic N) is 3. The van der Waals surface area contributed by atoms with Gasteiger partial charge < -0.3 is 4.74 Å². The summed E-state index contributed by atoms with van der Waals surface area (Å²) in [4.78, 5) is 4.12. The van der Waals surface area contributed by atoms with Gasteiger partial charge in [0.15, 0.2) is 0 Å². The van der Waals surface area contributed by atoms with Crippen LogP contribution in [0.15, 0.2) is 35.1 Å². The highest BCUT2D eigenvalue weighted by Crippen LogP contribution is 2.29. The molecule has 0 unspecified atom stereocenters. The molecule has 9 heteroatoms. The predicted octanol–water partition coefficient (Wildman–Crippen LogP) is 1.66. The SMILES string of the molecule is COc1ncc(-c2ccc3nonc3c2)cc1NS(C)(=O)=O. The monoisotopic (exact) mass is 320 g/mol. The van der Waals surface area contributed by atoms with Crippen LogP contribution >= 0.6 is 0 Å². The lowest BCUT2D eigenvalue weighted by Gasteiger charge is -2.10. The molecule has 0 aliphatic carbocycles. The van der Waals surface area contributed by atoms with Crippen LogP contribution in [0.2, 0.25) is 0 Å². The summed E-state index contributed by atoms with van der Waals surface area (Å²) < 4.78 is 35.0. The van der Waals surface area contributed by atoms with Gasteiger partial charge in [0.1, 0.15) is 16.7 Å². The summed E-state index contributed by atoms with van der Waals surface area (Å²) in [5.74, 6) is 0.193. The van der Waals surface area contributed by atoms with Crippen LogP contribution in [-0.4, -0.2) is 37.1 Å². The minimum Gasteiger partial charge on any atom is -0.480 e. The van der Waals surface area contributed by atoms with Gasteiger partial charge in [-0.1, -0.05) is 6.07 Å². The van der Waals surface area contributed by atoms with Crippen molar-refractivity contribution >= 4 is 26.7 Å². The number of hydrogen-bond acceptors (Lipinski definition) is 7. The fourth-order valence-corrected chi connectivity index (χ4v) is 2.55. The van der Waals surface area contributed by atoms with Gasteiger partial charge in [0.2, 0.25) is 15.9 Å². The summed E-state index contributed by atoms with van der Waals surface area (Å²) in [6, 6.07) is 7.00. The molecule has 2 aromatic heterocycles. The molecule has 3 aromatic rings. The second-order valence-electron chi connectivity index (χ2n) is 4.62. The van der Waals surface area contributed by atoms with Gasteiger partial charge in [0.25, 0.3) is 0 Å². The molecule has 1 aromatic carbocycles. The molecule has 0 saturated carbocycles. The molecule has 8 nitrogen and oxygen atoms in total. The first kappa shape index (κ1) is 14.3. The minimum atomic E-state index is -3.44. The summed E-state index contributed by atoms with van der Waals surface area (Å²) in [7, 11) is -2.02. The van der Waals surface area contributed by atoms with Gasteiger partial charge in [-0.25, -0.2) is 18.0 Å². The molecule has 0 atom stereocenters. The van der Waals surface area contributed by atoms with Crippen LogP contribution in [-0.2, 0) is 10.0 Å². The normalized spacial score (nSPS) is 11.5. The second-order valence-corrected chi connectivity index (χ2v) is 6.37. The molecule has 0 saturated heterocycles. The summed E-state index contributed by atoms with van der Waals surface area (Å²) >= 11 is 0. The summed E-state index contributed by atoms with van der Waals surface area (Å²) in [6.07, 6.45) is 2.65. The van der Waals surface area contributed by atoms with Gasteiger partial charge in [-0.05, 0) is 34.1 Å². The van der Waals surface area contributed by atoms with E-state index in [-0.39, 0.29) is 11.6 Å². The molecule has 0 bridgehead atoms. The first-order valence-corrected chi connectivity index (χ1v) is 8.10. The number of rotatable bonds is 4. The number of pyridine rings is 1. The van der Waals surface area contributed by atoms with E-state index in [2.05, 4.69) is 24.6 Å². The lowest BCUT2D eigenvalue weighted by atomic mass is 10.1. The zero-order valence-electron chi connectivity index (χ0n) is 11.8. The van der Waals surface area contributed by atoms with E-state index in [0.717, 1.165) is 11.8 Å². The lowest BCUT2D eigenvalue weighted by Crippen LogP contribution is -2.11. The first-order valence-electron chi connectivity index (χ1n) is 6.21. The largest absolute Gasteiger partial charge is 0.480 e. The van der Waals surface area contributed by atoms with Crippen LogP contribution in [0.5, 0.6) is 5.88 Å². The van der Waals surface area contributed by atoms with E-state index in [4.69, 9.17) is 4.74 Å². The van der Waals surface area contributed by atoms with Crippen molar-refractivity contribution < 1.29 is 17.8 Å². The molecule has 0 fully saturated rings. The first-order chi connectivity index (χ1) is 10.5. The molecule has 0 spiro atoms. The van der Waals surface area contributed by atoms with Crippen molar-refractivity contribution in [1.29, 1.82) is 0 Å². The highest BCUT2D eigenvalue weighted by atomic mass is 32.2. The molecule has 114 valence electrons. The van der Waals surface area contributed by atoms with E-state index in [1.54, 1.807) is 24.4 Å². The highest BCUT2D eigenvalue weighted by molar-refractivity contribution is 7.92. The van der Waals surface area contributed by atoms with Crippen LogP contribution in [0.25, 0.3) is 22.2 Å². The van der Waals surface area contributed by atoms with Crippen LogP contribution in [0, 0.1) is 0 Å². The number of benzene rings is 1. The quantitative estimate of drug-likeness (QED) is 0.779. The van der Waals surface area contributed by atoms with Gasteiger partial charge in [-0.3, -0.25) is 4.72 Å². The molecule has 22 heavy (non-hydrogen) atoms. The Labute approximate surface area is 126 Å². The lowest BCUT2D eigenvalue weighted by molar-refractivity contribution is 0.315. The van der Waals surface area contributed by atoms with Crippen LogP contribution < -0.4 is 9.46 Å². The van der Waals surface area contributed by atoms with Crippen molar-refractivity contribution in [3.8, 4) is 17.0 Å². The maximum Gasteiger partial charge on any atom is 0.238 e. The summed E-state index contributed by atoms with van der Waals surface area (Å²) in [6.45, 7) is 0. The van der Waals surface area contributed by atoms with Crippen molar-refractivity contribution in [3.63, 3.8) is 0 Å².